The Hall–Kier alpha value is -2.03. The van der Waals surface area contributed by atoms with Crippen molar-refractivity contribution in [2.75, 3.05) is 10.5 Å². The molecule has 2 aromatic rings. The number of nitrogens with two attached hydrogens (primary N) is 1. The number of nitrogens with one attached hydrogen (secondary N) is 1. The van der Waals surface area contributed by atoms with Crippen LogP contribution in [0.1, 0.15) is 12.6 Å². The second-order valence-electron chi connectivity index (χ2n) is 4.14. The van der Waals surface area contributed by atoms with E-state index in [1.165, 1.54) is 15.6 Å². The Labute approximate surface area is 111 Å². The molecule has 0 fully saturated rings. The maximum atomic E-state index is 12.2. The number of nitrogens with zero attached hydrogens (tertiary/aromatic N) is 4. The van der Waals surface area contributed by atoms with Gasteiger partial charge in [-0.05, 0) is 13.8 Å². The number of aromatic nitrogens is 4. The number of anilines is 2. The molecule has 104 valence electrons. The summed E-state index contributed by atoms with van der Waals surface area (Å²) in [5, 5.41) is 7.99. The molecule has 2 aromatic heterocycles. The van der Waals surface area contributed by atoms with Crippen LogP contribution in [0.3, 0.4) is 0 Å². The van der Waals surface area contributed by atoms with Crippen LogP contribution in [0, 0.1) is 6.92 Å². The molecule has 2 rings (SSSR count). The van der Waals surface area contributed by atoms with Gasteiger partial charge in [0, 0.05) is 26.0 Å². The molecular formula is C10H16N6O2S. The predicted molar refractivity (Wildman–Crippen MR) is 71.1 cm³/mol. The van der Waals surface area contributed by atoms with Gasteiger partial charge in [0.05, 0.1) is 11.4 Å². The molecule has 8 nitrogen and oxygen atoms in total. The summed E-state index contributed by atoms with van der Waals surface area (Å²) in [5.74, 6) is -0.0177. The fourth-order valence-corrected chi connectivity index (χ4v) is 2.86. The average molecular weight is 284 g/mol. The van der Waals surface area contributed by atoms with E-state index in [0.29, 0.717) is 17.9 Å². The van der Waals surface area contributed by atoms with Gasteiger partial charge < -0.3 is 5.73 Å². The van der Waals surface area contributed by atoms with Gasteiger partial charge >= 0.3 is 0 Å². The molecule has 0 aliphatic carbocycles. The predicted octanol–water partition coefficient (Wildman–Crippen LogP) is 0.328. The summed E-state index contributed by atoms with van der Waals surface area (Å²) >= 11 is 0. The Bertz CT molecular complexity index is 700. The van der Waals surface area contributed by atoms with Crippen LogP contribution in [0.15, 0.2) is 17.3 Å². The van der Waals surface area contributed by atoms with E-state index >= 15 is 0 Å². The van der Waals surface area contributed by atoms with Crippen molar-refractivity contribution in [1.82, 2.24) is 19.6 Å². The Morgan fingerprint density at radius 3 is 2.53 bits per heavy atom. The first-order valence-electron chi connectivity index (χ1n) is 5.69. The lowest BCUT2D eigenvalue weighted by Crippen LogP contribution is -2.14. The number of aryl methyl sites for hydroxylation is 3. The van der Waals surface area contributed by atoms with Crippen LogP contribution in [0.25, 0.3) is 0 Å². The van der Waals surface area contributed by atoms with Gasteiger partial charge in [-0.2, -0.15) is 10.2 Å². The minimum Gasteiger partial charge on any atom is -0.381 e. The smallest absolute Gasteiger partial charge is 0.267 e. The van der Waals surface area contributed by atoms with Gasteiger partial charge in [-0.15, -0.1) is 0 Å². The Morgan fingerprint density at radius 2 is 2.05 bits per heavy atom. The Kier molecular flexibility index (Phi) is 3.23. The van der Waals surface area contributed by atoms with Gasteiger partial charge in [0.2, 0.25) is 0 Å². The molecular weight excluding hydrogens is 268 g/mol. The Morgan fingerprint density at radius 1 is 1.37 bits per heavy atom. The summed E-state index contributed by atoms with van der Waals surface area (Å²) in [6.45, 7) is 4.11. The molecule has 9 heteroatoms. The van der Waals surface area contributed by atoms with E-state index in [0.717, 1.165) is 0 Å². The van der Waals surface area contributed by atoms with Gasteiger partial charge in [0.15, 0.2) is 5.82 Å². The van der Waals surface area contributed by atoms with E-state index in [4.69, 9.17) is 5.73 Å². The van der Waals surface area contributed by atoms with Crippen LogP contribution in [0.4, 0.5) is 11.5 Å². The third-order valence-corrected chi connectivity index (χ3v) is 4.01. The molecule has 0 radical (unpaired) electrons. The molecule has 0 bridgehead atoms. The molecule has 3 N–H and O–H groups in total. The summed E-state index contributed by atoms with van der Waals surface area (Å²) in [6.07, 6.45) is 3.00. The zero-order valence-electron chi connectivity index (χ0n) is 11.0. The van der Waals surface area contributed by atoms with E-state index < -0.39 is 10.0 Å². The summed E-state index contributed by atoms with van der Waals surface area (Å²) in [6, 6.07) is 0. The fraction of sp³-hybridized carbons (Fsp3) is 0.400. The standard InChI is InChI=1S/C10H16N6O2S/c1-4-16-6-9(10(11)13-16)19(17,18)14-8-5-15(3)12-7(8)2/h5-6,14H,4H2,1-3H3,(H2,11,13). The third kappa shape index (κ3) is 2.55. The van der Waals surface area contributed by atoms with Gasteiger partial charge in [0.1, 0.15) is 4.90 Å². The fourth-order valence-electron chi connectivity index (χ4n) is 1.69. The minimum absolute atomic E-state index is 0.0177. The molecule has 0 aromatic carbocycles. The first-order chi connectivity index (χ1) is 8.83. The lowest BCUT2D eigenvalue weighted by Gasteiger charge is -2.04. The van der Waals surface area contributed by atoms with Crippen LogP contribution < -0.4 is 10.5 Å². The molecule has 0 aliphatic heterocycles. The number of hydrogen-bond donors (Lipinski definition) is 2. The highest BCUT2D eigenvalue weighted by molar-refractivity contribution is 7.92. The van der Waals surface area contributed by atoms with Crippen LogP contribution >= 0.6 is 0 Å². The van der Waals surface area contributed by atoms with Crippen LogP contribution in [-0.4, -0.2) is 28.0 Å². The highest BCUT2D eigenvalue weighted by Crippen LogP contribution is 2.21. The highest BCUT2D eigenvalue weighted by atomic mass is 32.2. The van der Waals surface area contributed by atoms with Crippen molar-refractivity contribution in [3.63, 3.8) is 0 Å². The maximum absolute atomic E-state index is 12.2. The van der Waals surface area contributed by atoms with Crippen LogP contribution in [0.5, 0.6) is 0 Å². The second kappa shape index (κ2) is 4.57. The van der Waals surface area contributed by atoms with Crippen molar-refractivity contribution in [3.05, 3.63) is 18.1 Å². The first kappa shape index (κ1) is 13.4. The molecule has 0 amide bonds. The van der Waals surface area contributed by atoms with Crippen molar-refractivity contribution in [3.8, 4) is 0 Å². The van der Waals surface area contributed by atoms with Gasteiger partial charge in [-0.25, -0.2) is 8.42 Å². The SMILES string of the molecule is CCn1cc(S(=O)(=O)Nc2cn(C)nc2C)c(N)n1. The average Bonchev–Trinajstić information content (AvgIpc) is 2.82. The van der Waals surface area contributed by atoms with E-state index in [2.05, 4.69) is 14.9 Å². The van der Waals surface area contributed by atoms with Crippen molar-refractivity contribution in [1.29, 1.82) is 0 Å². The molecule has 0 atom stereocenters. The highest BCUT2D eigenvalue weighted by Gasteiger charge is 2.22. The third-order valence-electron chi connectivity index (χ3n) is 2.63. The van der Waals surface area contributed by atoms with E-state index in [9.17, 15) is 8.42 Å². The first-order valence-corrected chi connectivity index (χ1v) is 7.17. The molecule has 0 saturated carbocycles. The summed E-state index contributed by atoms with van der Waals surface area (Å²) in [5.41, 5.74) is 6.64. The topological polar surface area (TPSA) is 108 Å². The molecule has 0 saturated heterocycles. The lowest BCUT2D eigenvalue weighted by atomic mass is 10.4. The Balaban J connectivity index is 2.37. The number of rotatable bonds is 4. The zero-order chi connectivity index (χ0) is 14.2. The van der Waals surface area contributed by atoms with Crippen molar-refractivity contribution in [2.45, 2.75) is 25.3 Å². The van der Waals surface area contributed by atoms with Gasteiger partial charge in [0.25, 0.3) is 10.0 Å². The molecule has 2 heterocycles. The van der Waals surface area contributed by atoms with Gasteiger partial charge in [-0.3, -0.25) is 14.1 Å². The second-order valence-corrected chi connectivity index (χ2v) is 5.79. The lowest BCUT2D eigenvalue weighted by molar-refractivity contribution is 0.600. The van der Waals surface area contributed by atoms with E-state index in [-0.39, 0.29) is 10.7 Å². The zero-order valence-corrected chi connectivity index (χ0v) is 11.8. The normalized spacial score (nSPS) is 11.7. The number of hydrogen-bond acceptors (Lipinski definition) is 5. The number of nitrogen functional groups attached to an aromatic ring is 1. The summed E-state index contributed by atoms with van der Waals surface area (Å²) in [7, 11) is -2.04. The molecule has 0 spiro atoms. The molecule has 0 unspecified atom stereocenters. The monoisotopic (exact) mass is 284 g/mol. The molecule has 19 heavy (non-hydrogen) atoms. The largest absolute Gasteiger partial charge is 0.381 e. The summed E-state index contributed by atoms with van der Waals surface area (Å²) < 4.78 is 29.9. The minimum atomic E-state index is -3.75. The van der Waals surface area contributed by atoms with Crippen LogP contribution in [0.2, 0.25) is 0 Å². The van der Waals surface area contributed by atoms with E-state index in [1.54, 1.807) is 20.2 Å². The quantitative estimate of drug-likeness (QED) is 0.841. The maximum Gasteiger partial charge on any atom is 0.267 e. The number of sulfonamides is 1. The molecule has 0 aliphatic rings. The summed E-state index contributed by atoms with van der Waals surface area (Å²) in [4.78, 5) is -0.0300. The van der Waals surface area contributed by atoms with Crippen molar-refractivity contribution < 1.29 is 8.42 Å². The van der Waals surface area contributed by atoms with E-state index in [1.807, 2.05) is 6.92 Å². The van der Waals surface area contributed by atoms with Crippen molar-refractivity contribution >= 4 is 21.5 Å². The van der Waals surface area contributed by atoms with Gasteiger partial charge in [-0.1, -0.05) is 0 Å². The van der Waals surface area contributed by atoms with Crippen LogP contribution in [-0.2, 0) is 23.6 Å². The van der Waals surface area contributed by atoms with Crippen molar-refractivity contribution in [2.24, 2.45) is 7.05 Å².